The van der Waals surface area contributed by atoms with Gasteiger partial charge >= 0.3 is 0 Å². The predicted molar refractivity (Wildman–Crippen MR) is 96.7 cm³/mol. The van der Waals surface area contributed by atoms with Crippen molar-refractivity contribution in [1.82, 2.24) is 0 Å². The molecule has 0 N–H and O–H groups in total. The minimum atomic E-state index is -0.920. The second-order valence-corrected chi connectivity index (χ2v) is 7.99. The molecule has 0 aromatic heterocycles. The molecule has 26 heavy (non-hydrogen) atoms. The lowest BCUT2D eigenvalue weighted by atomic mass is 9.76. The average molecular weight is 370 g/mol. The van der Waals surface area contributed by atoms with Crippen LogP contribution in [0.2, 0.25) is 0 Å². The van der Waals surface area contributed by atoms with Crippen molar-refractivity contribution in [2.24, 2.45) is 17.8 Å². The number of ether oxygens (including phenoxy) is 3. The van der Waals surface area contributed by atoms with E-state index >= 15 is 0 Å². The Kier molecular flexibility index (Phi) is 6.96. The van der Waals surface area contributed by atoms with E-state index in [1.807, 2.05) is 0 Å². The van der Waals surface area contributed by atoms with Gasteiger partial charge in [0.1, 0.15) is 11.5 Å². The van der Waals surface area contributed by atoms with Crippen LogP contribution in [0.1, 0.15) is 64.7 Å². The van der Waals surface area contributed by atoms with Crippen molar-refractivity contribution >= 4 is 0 Å². The molecule has 0 bridgehead atoms. The Bertz CT molecular complexity index is 527. The lowest BCUT2D eigenvalue weighted by Crippen LogP contribution is -2.35. The van der Waals surface area contributed by atoms with Gasteiger partial charge in [-0.1, -0.05) is 26.2 Å². The lowest BCUT2D eigenvalue weighted by Gasteiger charge is -2.37. The summed E-state index contributed by atoms with van der Waals surface area (Å²) in [5.74, 6) is 0.216. The minimum Gasteiger partial charge on any atom is -0.498 e. The highest BCUT2D eigenvalue weighted by atomic mass is 19.2. The number of rotatable bonds is 6. The van der Waals surface area contributed by atoms with Gasteiger partial charge in [0.15, 0.2) is 11.7 Å². The fourth-order valence-corrected chi connectivity index (χ4v) is 4.53. The summed E-state index contributed by atoms with van der Waals surface area (Å²) in [6, 6.07) is 0. The van der Waals surface area contributed by atoms with Gasteiger partial charge in [-0.2, -0.15) is 8.78 Å². The molecule has 3 aliphatic rings. The molecule has 2 aliphatic carbocycles. The van der Waals surface area contributed by atoms with Gasteiger partial charge in [-0.15, -0.1) is 0 Å². The number of halogens is 2. The van der Waals surface area contributed by atoms with E-state index in [-0.39, 0.29) is 17.4 Å². The van der Waals surface area contributed by atoms with Crippen LogP contribution in [0.4, 0.5) is 8.78 Å². The summed E-state index contributed by atoms with van der Waals surface area (Å²) in [7, 11) is 1.36. The second kappa shape index (κ2) is 9.20. The van der Waals surface area contributed by atoms with E-state index in [9.17, 15) is 8.78 Å². The van der Waals surface area contributed by atoms with Crippen LogP contribution in [0, 0.1) is 17.8 Å². The molecule has 2 unspecified atom stereocenters. The molecule has 1 saturated carbocycles. The molecule has 3 nitrogen and oxygen atoms in total. The smallest absolute Gasteiger partial charge is 0.199 e. The molecule has 2 atom stereocenters. The van der Waals surface area contributed by atoms with Crippen LogP contribution in [0.25, 0.3) is 0 Å². The van der Waals surface area contributed by atoms with Gasteiger partial charge in [-0.25, -0.2) is 0 Å². The van der Waals surface area contributed by atoms with E-state index in [0.29, 0.717) is 38.1 Å². The molecular weight excluding hydrogens is 338 g/mol. The molecule has 3 rings (SSSR count). The van der Waals surface area contributed by atoms with Gasteiger partial charge in [0.05, 0.1) is 26.4 Å². The summed E-state index contributed by atoms with van der Waals surface area (Å²) in [5.41, 5.74) is 0. The van der Waals surface area contributed by atoms with E-state index in [0.717, 1.165) is 18.8 Å². The van der Waals surface area contributed by atoms with Crippen LogP contribution in [-0.4, -0.2) is 26.4 Å². The molecule has 5 heteroatoms. The predicted octanol–water partition coefficient (Wildman–Crippen LogP) is 5.82. The highest BCUT2D eigenvalue weighted by Crippen LogP contribution is 2.37. The van der Waals surface area contributed by atoms with Crippen molar-refractivity contribution in [3.05, 3.63) is 23.2 Å². The normalized spacial score (nSPS) is 33.4. The van der Waals surface area contributed by atoms with E-state index in [4.69, 9.17) is 14.2 Å². The number of allylic oxidation sites excluding steroid dienone is 4. The summed E-state index contributed by atoms with van der Waals surface area (Å²) < 4.78 is 44.4. The molecule has 0 radical (unpaired) electrons. The average Bonchev–Trinajstić information content (AvgIpc) is 2.70. The first-order valence-corrected chi connectivity index (χ1v) is 10.2. The third-order valence-electron chi connectivity index (χ3n) is 6.40. The number of hydrogen-bond acceptors (Lipinski definition) is 3. The van der Waals surface area contributed by atoms with Crippen LogP contribution < -0.4 is 0 Å². The zero-order valence-electron chi connectivity index (χ0n) is 16.1. The molecule has 148 valence electrons. The highest BCUT2D eigenvalue weighted by molar-refractivity contribution is 5.29. The maximum absolute atomic E-state index is 14.0. The second-order valence-electron chi connectivity index (χ2n) is 7.99. The molecule has 0 aromatic rings. The summed E-state index contributed by atoms with van der Waals surface area (Å²) in [6.45, 7) is 3.34. The Hall–Kier alpha value is -1.10. The van der Waals surface area contributed by atoms with Crippen molar-refractivity contribution < 1.29 is 23.0 Å². The van der Waals surface area contributed by atoms with Crippen molar-refractivity contribution in [3.63, 3.8) is 0 Å². The van der Waals surface area contributed by atoms with Gasteiger partial charge in [0.2, 0.25) is 0 Å². The van der Waals surface area contributed by atoms with E-state index < -0.39 is 11.7 Å². The van der Waals surface area contributed by atoms with Crippen LogP contribution in [0.15, 0.2) is 23.2 Å². The minimum absolute atomic E-state index is 0.0662. The summed E-state index contributed by atoms with van der Waals surface area (Å²) >= 11 is 0. The molecule has 0 aromatic carbocycles. The number of hydrogen-bond donors (Lipinski definition) is 0. The number of methoxy groups -OCH3 is 1. The van der Waals surface area contributed by atoms with Gasteiger partial charge < -0.3 is 14.2 Å². The largest absolute Gasteiger partial charge is 0.498 e. The van der Waals surface area contributed by atoms with Crippen LogP contribution >= 0.6 is 0 Å². The van der Waals surface area contributed by atoms with Gasteiger partial charge in [-0.3, -0.25) is 0 Å². The van der Waals surface area contributed by atoms with Crippen molar-refractivity contribution in [2.75, 3.05) is 20.3 Å². The fourth-order valence-electron chi connectivity index (χ4n) is 4.53. The van der Waals surface area contributed by atoms with Crippen molar-refractivity contribution in [1.29, 1.82) is 0 Å². The maximum atomic E-state index is 14.0. The Morgan fingerprint density at radius 3 is 2.19 bits per heavy atom. The molecule has 0 spiro atoms. The van der Waals surface area contributed by atoms with Gasteiger partial charge in [-0.05, 0) is 37.5 Å². The molecule has 1 aliphatic heterocycles. The molecular formula is C21H32F2O3. The van der Waals surface area contributed by atoms with Crippen LogP contribution in [-0.2, 0) is 14.2 Å². The Morgan fingerprint density at radius 2 is 1.58 bits per heavy atom. The zero-order valence-corrected chi connectivity index (χ0v) is 16.1. The zero-order chi connectivity index (χ0) is 18.5. The van der Waals surface area contributed by atoms with E-state index in [1.54, 1.807) is 0 Å². The first-order chi connectivity index (χ1) is 12.6. The van der Waals surface area contributed by atoms with Crippen molar-refractivity contribution in [3.8, 4) is 0 Å². The lowest BCUT2D eigenvalue weighted by molar-refractivity contribution is -0.0703. The summed E-state index contributed by atoms with van der Waals surface area (Å²) in [5, 5.41) is 0. The first kappa shape index (κ1) is 19.7. The SMILES string of the molecule is CCC1CCC(C2CCC(COC3=C(F)C(F)=C(OC)CC3)CO2)CC1. The van der Waals surface area contributed by atoms with Crippen LogP contribution in [0.3, 0.4) is 0 Å². The van der Waals surface area contributed by atoms with E-state index in [1.165, 1.54) is 39.2 Å². The van der Waals surface area contributed by atoms with Gasteiger partial charge in [0, 0.05) is 18.8 Å². The van der Waals surface area contributed by atoms with Crippen LogP contribution in [0.5, 0.6) is 0 Å². The van der Waals surface area contributed by atoms with Gasteiger partial charge in [0.25, 0.3) is 0 Å². The molecule has 1 heterocycles. The quantitative estimate of drug-likeness (QED) is 0.590. The summed E-state index contributed by atoms with van der Waals surface area (Å²) in [4.78, 5) is 0. The molecule has 1 saturated heterocycles. The first-order valence-electron chi connectivity index (χ1n) is 10.2. The Labute approximate surface area is 155 Å². The molecule has 2 fully saturated rings. The maximum Gasteiger partial charge on any atom is 0.199 e. The Morgan fingerprint density at radius 1 is 0.923 bits per heavy atom. The van der Waals surface area contributed by atoms with E-state index in [2.05, 4.69) is 6.92 Å². The standard InChI is InChI=1S/C21H32F2O3/c1-3-14-4-7-16(8-5-14)17-9-6-15(12-25-17)13-26-19-11-10-18(24-2)20(22)21(19)23/h14-17H,3-13H2,1-2H3. The highest BCUT2D eigenvalue weighted by Gasteiger charge is 2.32. The van der Waals surface area contributed by atoms with Crippen molar-refractivity contribution in [2.45, 2.75) is 70.8 Å². The third-order valence-corrected chi connectivity index (χ3v) is 6.40. The monoisotopic (exact) mass is 370 g/mol. The fraction of sp³-hybridized carbons (Fsp3) is 0.810. The topological polar surface area (TPSA) is 27.7 Å². The third kappa shape index (κ3) is 4.59. The Balaban J connectivity index is 1.42. The molecule has 0 amide bonds. The summed E-state index contributed by atoms with van der Waals surface area (Å²) in [6.07, 6.45) is 9.70.